The Labute approximate surface area is 86.7 Å². The van der Waals surface area contributed by atoms with E-state index in [4.69, 9.17) is 4.74 Å². The highest BCUT2D eigenvalue weighted by Crippen LogP contribution is 2.16. The molecule has 13 heavy (non-hydrogen) atoms. The second kappa shape index (κ2) is 5.25. The minimum atomic E-state index is -0.445. The van der Waals surface area contributed by atoms with Crippen LogP contribution >= 0.6 is 15.9 Å². The predicted molar refractivity (Wildman–Crippen MR) is 56.5 cm³/mol. The Morgan fingerprint density at radius 2 is 2.15 bits per heavy atom. The molecule has 0 radical (unpaired) electrons. The van der Waals surface area contributed by atoms with E-state index in [1.165, 1.54) is 0 Å². The average molecular weight is 245 g/mol. The van der Waals surface area contributed by atoms with Gasteiger partial charge in [0.05, 0.1) is 6.10 Å². The van der Waals surface area contributed by atoms with Crippen molar-refractivity contribution in [3.05, 3.63) is 29.8 Å². The molecule has 0 aromatic heterocycles. The number of benzene rings is 1. The second-order valence-corrected chi connectivity index (χ2v) is 3.53. The van der Waals surface area contributed by atoms with Gasteiger partial charge in [0.15, 0.2) is 0 Å². The molecule has 0 bridgehead atoms. The van der Waals surface area contributed by atoms with Gasteiger partial charge >= 0.3 is 0 Å². The Kier molecular flexibility index (Phi) is 4.25. The molecule has 72 valence electrons. The fraction of sp³-hybridized carbons (Fsp3) is 0.400. The number of aliphatic hydroxyl groups excluding tert-OH is 1. The summed E-state index contributed by atoms with van der Waals surface area (Å²) in [4.78, 5) is 0. The van der Waals surface area contributed by atoms with Crippen LogP contribution in [0.4, 0.5) is 0 Å². The molecule has 0 aliphatic rings. The van der Waals surface area contributed by atoms with Crippen molar-refractivity contribution in [2.45, 2.75) is 13.0 Å². The number of para-hydroxylation sites is 1. The molecule has 0 aliphatic heterocycles. The zero-order chi connectivity index (χ0) is 9.68. The van der Waals surface area contributed by atoms with Crippen LogP contribution in [0, 0.1) is 6.92 Å². The fourth-order valence-corrected chi connectivity index (χ4v) is 1.14. The van der Waals surface area contributed by atoms with E-state index in [1.54, 1.807) is 0 Å². The standard InChI is InChI=1S/C10H13BrO2/c1-8-4-2-3-5-10(8)13-7-9(12)6-11/h2-5,9,12H,6-7H2,1H3. The molecule has 1 aromatic carbocycles. The summed E-state index contributed by atoms with van der Waals surface area (Å²) in [7, 11) is 0. The summed E-state index contributed by atoms with van der Waals surface area (Å²) in [5, 5.41) is 9.78. The highest BCUT2D eigenvalue weighted by atomic mass is 79.9. The fourth-order valence-electron chi connectivity index (χ4n) is 0.949. The highest BCUT2D eigenvalue weighted by molar-refractivity contribution is 9.09. The van der Waals surface area contributed by atoms with E-state index in [2.05, 4.69) is 15.9 Å². The maximum absolute atomic E-state index is 9.24. The van der Waals surface area contributed by atoms with Crippen molar-refractivity contribution in [3.63, 3.8) is 0 Å². The molecule has 2 nitrogen and oxygen atoms in total. The molecule has 1 aromatic rings. The molecule has 1 N–H and O–H groups in total. The van der Waals surface area contributed by atoms with Gasteiger partial charge in [0.2, 0.25) is 0 Å². The van der Waals surface area contributed by atoms with Crippen LogP contribution in [0.1, 0.15) is 5.56 Å². The molecular formula is C10H13BrO2. The minimum Gasteiger partial charge on any atom is -0.491 e. The molecule has 0 saturated heterocycles. The first-order valence-corrected chi connectivity index (χ1v) is 5.28. The lowest BCUT2D eigenvalue weighted by Crippen LogP contribution is -2.18. The molecule has 0 saturated carbocycles. The number of halogens is 1. The number of aryl methyl sites for hydroxylation is 1. The van der Waals surface area contributed by atoms with Crippen LogP contribution in [0.15, 0.2) is 24.3 Å². The lowest BCUT2D eigenvalue weighted by molar-refractivity contribution is 0.127. The van der Waals surface area contributed by atoms with E-state index in [0.717, 1.165) is 11.3 Å². The molecule has 0 aliphatic carbocycles. The number of aliphatic hydroxyl groups is 1. The van der Waals surface area contributed by atoms with Crippen molar-refractivity contribution in [1.82, 2.24) is 0 Å². The van der Waals surface area contributed by atoms with Crippen molar-refractivity contribution < 1.29 is 9.84 Å². The SMILES string of the molecule is Cc1ccccc1OCC(O)CBr. The van der Waals surface area contributed by atoms with Crippen molar-refractivity contribution in [2.24, 2.45) is 0 Å². The molecule has 1 rings (SSSR count). The zero-order valence-corrected chi connectivity index (χ0v) is 9.12. The quantitative estimate of drug-likeness (QED) is 0.823. The van der Waals surface area contributed by atoms with E-state index in [-0.39, 0.29) is 0 Å². The van der Waals surface area contributed by atoms with Gasteiger partial charge < -0.3 is 9.84 Å². The third-order valence-electron chi connectivity index (χ3n) is 1.70. The van der Waals surface area contributed by atoms with Gasteiger partial charge in [-0.2, -0.15) is 0 Å². The number of alkyl halides is 1. The van der Waals surface area contributed by atoms with Crippen LogP contribution in [0.5, 0.6) is 5.75 Å². The molecular weight excluding hydrogens is 232 g/mol. The molecule has 0 amide bonds. The second-order valence-electron chi connectivity index (χ2n) is 2.88. The lowest BCUT2D eigenvalue weighted by atomic mass is 10.2. The first kappa shape index (κ1) is 10.5. The molecule has 1 atom stereocenters. The smallest absolute Gasteiger partial charge is 0.122 e. The van der Waals surface area contributed by atoms with Gasteiger partial charge in [-0.15, -0.1) is 0 Å². The van der Waals surface area contributed by atoms with Crippen molar-refractivity contribution in [1.29, 1.82) is 0 Å². The minimum absolute atomic E-state index is 0.329. The van der Waals surface area contributed by atoms with E-state index >= 15 is 0 Å². The molecule has 1 unspecified atom stereocenters. The Morgan fingerprint density at radius 1 is 1.46 bits per heavy atom. The first-order valence-electron chi connectivity index (χ1n) is 4.16. The number of rotatable bonds is 4. The summed E-state index contributed by atoms with van der Waals surface area (Å²) in [6.45, 7) is 2.31. The molecule has 0 spiro atoms. The zero-order valence-electron chi connectivity index (χ0n) is 7.53. The van der Waals surface area contributed by atoms with Crippen LogP contribution in [0.3, 0.4) is 0 Å². The van der Waals surface area contributed by atoms with Crippen molar-refractivity contribution in [3.8, 4) is 5.75 Å². The van der Waals surface area contributed by atoms with Crippen LogP contribution in [-0.4, -0.2) is 23.1 Å². The van der Waals surface area contributed by atoms with Crippen LogP contribution in [-0.2, 0) is 0 Å². The Morgan fingerprint density at radius 3 is 2.77 bits per heavy atom. The topological polar surface area (TPSA) is 29.5 Å². The monoisotopic (exact) mass is 244 g/mol. The van der Waals surface area contributed by atoms with E-state index in [1.807, 2.05) is 31.2 Å². The number of hydrogen-bond acceptors (Lipinski definition) is 2. The lowest BCUT2D eigenvalue weighted by Gasteiger charge is -2.11. The summed E-state index contributed by atoms with van der Waals surface area (Å²) >= 11 is 3.18. The predicted octanol–water partition coefficient (Wildman–Crippen LogP) is 2.13. The highest BCUT2D eigenvalue weighted by Gasteiger charge is 2.03. The number of hydrogen-bond donors (Lipinski definition) is 1. The summed E-state index contributed by atoms with van der Waals surface area (Å²) in [5.41, 5.74) is 1.09. The Balaban J connectivity index is 2.50. The van der Waals surface area contributed by atoms with Crippen molar-refractivity contribution in [2.75, 3.05) is 11.9 Å². The van der Waals surface area contributed by atoms with Crippen LogP contribution in [0.25, 0.3) is 0 Å². The maximum Gasteiger partial charge on any atom is 0.122 e. The largest absolute Gasteiger partial charge is 0.491 e. The Hall–Kier alpha value is -0.540. The summed E-state index contributed by atoms with van der Waals surface area (Å²) in [6.07, 6.45) is -0.445. The summed E-state index contributed by atoms with van der Waals surface area (Å²) in [6, 6.07) is 7.76. The van der Waals surface area contributed by atoms with Gasteiger partial charge in [-0.05, 0) is 18.6 Å². The van der Waals surface area contributed by atoms with E-state index < -0.39 is 6.10 Å². The van der Waals surface area contributed by atoms with Gasteiger partial charge in [-0.3, -0.25) is 0 Å². The Bertz CT molecular complexity index is 263. The summed E-state index contributed by atoms with van der Waals surface area (Å²) in [5.74, 6) is 0.836. The van der Waals surface area contributed by atoms with Gasteiger partial charge in [0.1, 0.15) is 12.4 Å². The van der Waals surface area contributed by atoms with Gasteiger partial charge in [-0.25, -0.2) is 0 Å². The van der Waals surface area contributed by atoms with Crippen LogP contribution in [0.2, 0.25) is 0 Å². The number of ether oxygens (including phenoxy) is 1. The normalized spacial score (nSPS) is 12.5. The molecule has 0 heterocycles. The maximum atomic E-state index is 9.24. The van der Waals surface area contributed by atoms with Gasteiger partial charge in [-0.1, -0.05) is 34.1 Å². The third-order valence-corrected chi connectivity index (χ3v) is 2.45. The average Bonchev–Trinajstić information content (AvgIpc) is 2.16. The first-order chi connectivity index (χ1) is 6.24. The van der Waals surface area contributed by atoms with Gasteiger partial charge in [0.25, 0.3) is 0 Å². The third kappa shape index (κ3) is 3.36. The van der Waals surface area contributed by atoms with E-state index in [9.17, 15) is 5.11 Å². The summed E-state index contributed by atoms with van der Waals surface area (Å²) < 4.78 is 5.41. The van der Waals surface area contributed by atoms with E-state index in [0.29, 0.717) is 11.9 Å². The molecule has 3 heteroatoms. The van der Waals surface area contributed by atoms with Crippen LogP contribution < -0.4 is 4.74 Å². The van der Waals surface area contributed by atoms with Gasteiger partial charge in [0, 0.05) is 5.33 Å². The molecule has 0 fully saturated rings. The van der Waals surface area contributed by atoms with Crippen molar-refractivity contribution >= 4 is 15.9 Å².